The zero-order valence-electron chi connectivity index (χ0n) is 7.60. The summed E-state index contributed by atoms with van der Waals surface area (Å²) in [6, 6.07) is 0.716. The number of nitrogens with zero attached hydrogens (tertiary/aromatic N) is 1. The van der Waals surface area contributed by atoms with E-state index in [9.17, 15) is 13.2 Å². The molecule has 0 radical (unpaired) electrons. The third-order valence-electron chi connectivity index (χ3n) is 1.68. The maximum atomic E-state index is 12.4. The minimum atomic E-state index is -4.60. The molecule has 0 aromatic carbocycles. The van der Waals surface area contributed by atoms with Crippen LogP contribution < -0.4 is 4.74 Å². The standard InChI is InChI=1S/C8H7ClF3NO2/c1-15-7-4(3-14)2-5(6(9)13-7)8(10,11)12/h2,14H,3H2,1H3. The largest absolute Gasteiger partial charge is 0.481 e. The van der Waals surface area contributed by atoms with Gasteiger partial charge in [-0.15, -0.1) is 0 Å². The van der Waals surface area contributed by atoms with E-state index in [1.807, 2.05) is 0 Å². The summed E-state index contributed by atoms with van der Waals surface area (Å²) in [5.74, 6) is -0.115. The fraction of sp³-hybridized carbons (Fsp3) is 0.375. The van der Waals surface area contributed by atoms with Gasteiger partial charge in [0.1, 0.15) is 5.15 Å². The molecule has 0 fully saturated rings. The van der Waals surface area contributed by atoms with Crippen LogP contribution in [0, 0.1) is 0 Å². The minimum absolute atomic E-state index is 0.0609. The van der Waals surface area contributed by atoms with Crippen molar-refractivity contribution in [1.82, 2.24) is 4.98 Å². The fourth-order valence-corrected chi connectivity index (χ4v) is 1.24. The summed E-state index contributed by atoms with van der Waals surface area (Å²) < 4.78 is 41.7. The molecular weight excluding hydrogens is 235 g/mol. The number of aliphatic hydroxyl groups excluding tert-OH is 1. The van der Waals surface area contributed by atoms with E-state index in [-0.39, 0.29) is 11.4 Å². The Morgan fingerprint density at radius 1 is 1.53 bits per heavy atom. The van der Waals surface area contributed by atoms with Gasteiger partial charge >= 0.3 is 6.18 Å². The lowest BCUT2D eigenvalue weighted by Crippen LogP contribution is -2.09. The molecule has 0 aliphatic carbocycles. The van der Waals surface area contributed by atoms with Crippen LogP contribution in [0.4, 0.5) is 13.2 Å². The van der Waals surface area contributed by atoms with Crippen LogP contribution in [0.25, 0.3) is 0 Å². The Morgan fingerprint density at radius 2 is 2.13 bits per heavy atom. The SMILES string of the molecule is COc1nc(Cl)c(C(F)(F)F)cc1CO. The average Bonchev–Trinajstić information content (AvgIpc) is 2.15. The predicted octanol–water partition coefficient (Wildman–Crippen LogP) is 2.25. The average molecular weight is 242 g/mol. The summed E-state index contributed by atoms with van der Waals surface area (Å²) in [6.45, 7) is -0.601. The van der Waals surface area contributed by atoms with Crippen molar-refractivity contribution >= 4 is 11.6 Å². The number of ether oxygens (including phenoxy) is 1. The molecular formula is C8H7ClF3NO2. The number of aliphatic hydroxyl groups is 1. The third kappa shape index (κ3) is 2.51. The second-order valence-electron chi connectivity index (χ2n) is 2.65. The van der Waals surface area contributed by atoms with E-state index in [0.717, 1.165) is 0 Å². The molecule has 0 saturated carbocycles. The number of halogens is 4. The normalized spacial score (nSPS) is 11.6. The van der Waals surface area contributed by atoms with Gasteiger partial charge < -0.3 is 9.84 Å². The summed E-state index contributed by atoms with van der Waals surface area (Å²) in [4.78, 5) is 3.39. The number of hydrogen-bond acceptors (Lipinski definition) is 3. The van der Waals surface area contributed by atoms with Gasteiger partial charge in [0, 0.05) is 5.56 Å². The Balaban J connectivity index is 3.32. The summed E-state index contributed by atoms with van der Waals surface area (Å²) in [6.07, 6.45) is -4.60. The Bertz CT molecular complexity index is 368. The second-order valence-corrected chi connectivity index (χ2v) is 3.01. The van der Waals surface area contributed by atoms with Gasteiger partial charge in [-0.1, -0.05) is 11.6 Å². The fourth-order valence-electron chi connectivity index (χ4n) is 1.01. The highest BCUT2D eigenvalue weighted by Crippen LogP contribution is 2.36. The van der Waals surface area contributed by atoms with Crippen molar-refractivity contribution in [2.45, 2.75) is 12.8 Å². The molecule has 1 aromatic heterocycles. The molecule has 1 N–H and O–H groups in total. The van der Waals surface area contributed by atoms with E-state index in [1.54, 1.807) is 0 Å². The molecule has 84 valence electrons. The summed E-state index contributed by atoms with van der Waals surface area (Å²) in [5, 5.41) is 8.10. The van der Waals surface area contributed by atoms with Crippen molar-refractivity contribution in [3.63, 3.8) is 0 Å². The van der Waals surface area contributed by atoms with Crippen LogP contribution in [-0.2, 0) is 12.8 Å². The quantitative estimate of drug-likeness (QED) is 0.808. The van der Waals surface area contributed by atoms with Gasteiger partial charge in [0.25, 0.3) is 0 Å². The Morgan fingerprint density at radius 3 is 2.53 bits per heavy atom. The molecule has 1 heterocycles. The van der Waals surface area contributed by atoms with Crippen LogP contribution in [0.2, 0.25) is 5.15 Å². The van der Waals surface area contributed by atoms with E-state index in [0.29, 0.717) is 6.07 Å². The van der Waals surface area contributed by atoms with Gasteiger partial charge in [-0.05, 0) is 6.07 Å². The van der Waals surface area contributed by atoms with Crippen LogP contribution >= 0.6 is 11.6 Å². The van der Waals surface area contributed by atoms with E-state index in [2.05, 4.69) is 9.72 Å². The van der Waals surface area contributed by atoms with Gasteiger partial charge in [-0.2, -0.15) is 13.2 Å². The molecule has 1 aromatic rings. The maximum absolute atomic E-state index is 12.4. The Labute approximate surface area is 88.5 Å². The first-order valence-electron chi connectivity index (χ1n) is 3.81. The van der Waals surface area contributed by atoms with Gasteiger partial charge in [0.15, 0.2) is 0 Å². The monoisotopic (exact) mass is 241 g/mol. The molecule has 0 atom stereocenters. The summed E-state index contributed by atoms with van der Waals surface area (Å²) in [7, 11) is 1.23. The lowest BCUT2D eigenvalue weighted by molar-refractivity contribution is -0.137. The number of aromatic nitrogens is 1. The first kappa shape index (κ1) is 12.1. The van der Waals surface area contributed by atoms with E-state index < -0.39 is 23.5 Å². The van der Waals surface area contributed by atoms with Crippen molar-refractivity contribution in [3.8, 4) is 5.88 Å². The van der Waals surface area contributed by atoms with Crippen LogP contribution in [-0.4, -0.2) is 17.2 Å². The van der Waals surface area contributed by atoms with E-state index in [1.165, 1.54) is 7.11 Å². The predicted molar refractivity (Wildman–Crippen MR) is 46.7 cm³/mol. The van der Waals surface area contributed by atoms with Gasteiger partial charge in [0.2, 0.25) is 5.88 Å². The first-order chi connectivity index (χ1) is 6.90. The van der Waals surface area contributed by atoms with Gasteiger partial charge in [0.05, 0.1) is 19.3 Å². The smallest absolute Gasteiger partial charge is 0.419 e. The molecule has 7 heteroatoms. The zero-order chi connectivity index (χ0) is 11.6. The number of rotatable bonds is 2. The molecule has 15 heavy (non-hydrogen) atoms. The highest BCUT2D eigenvalue weighted by atomic mass is 35.5. The Hall–Kier alpha value is -1.01. The van der Waals surface area contributed by atoms with Crippen LogP contribution in [0.1, 0.15) is 11.1 Å². The Kier molecular flexibility index (Phi) is 3.41. The zero-order valence-corrected chi connectivity index (χ0v) is 8.35. The molecule has 0 spiro atoms. The highest BCUT2D eigenvalue weighted by molar-refractivity contribution is 6.30. The number of hydrogen-bond donors (Lipinski definition) is 1. The van der Waals surface area contributed by atoms with Crippen LogP contribution in [0.5, 0.6) is 5.88 Å². The molecule has 0 bridgehead atoms. The first-order valence-corrected chi connectivity index (χ1v) is 4.19. The molecule has 1 rings (SSSR count). The highest BCUT2D eigenvalue weighted by Gasteiger charge is 2.35. The lowest BCUT2D eigenvalue weighted by atomic mass is 10.2. The number of methoxy groups -OCH3 is 1. The van der Waals surface area contributed by atoms with Crippen molar-refractivity contribution in [2.75, 3.05) is 7.11 Å². The van der Waals surface area contributed by atoms with Crippen molar-refractivity contribution in [2.24, 2.45) is 0 Å². The molecule has 0 unspecified atom stereocenters. The van der Waals surface area contributed by atoms with Crippen LogP contribution in [0.15, 0.2) is 6.07 Å². The topological polar surface area (TPSA) is 42.4 Å². The number of alkyl halides is 3. The van der Waals surface area contributed by atoms with Crippen LogP contribution in [0.3, 0.4) is 0 Å². The third-order valence-corrected chi connectivity index (χ3v) is 1.97. The van der Waals surface area contributed by atoms with Crippen molar-refractivity contribution in [3.05, 3.63) is 22.3 Å². The molecule has 0 amide bonds. The summed E-state index contributed by atoms with van der Waals surface area (Å²) in [5.41, 5.74) is -1.15. The molecule has 0 aliphatic rings. The molecule has 0 aliphatic heterocycles. The second kappa shape index (κ2) is 4.24. The van der Waals surface area contributed by atoms with E-state index in [4.69, 9.17) is 16.7 Å². The summed E-state index contributed by atoms with van der Waals surface area (Å²) >= 11 is 5.33. The van der Waals surface area contributed by atoms with Gasteiger partial charge in [-0.3, -0.25) is 0 Å². The number of pyridine rings is 1. The van der Waals surface area contributed by atoms with Crippen molar-refractivity contribution in [1.29, 1.82) is 0 Å². The maximum Gasteiger partial charge on any atom is 0.419 e. The van der Waals surface area contributed by atoms with E-state index >= 15 is 0 Å². The molecule has 3 nitrogen and oxygen atoms in total. The lowest BCUT2D eigenvalue weighted by Gasteiger charge is -2.12. The minimum Gasteiger partial charge on any atom is -0.481 e. The van der Waals surface area contributed by atoms with Crippen molar-refractivity contribution < 1.29 is 23.0 Å². The van der Waals surface area contributed by atoms with Gasteiger partial charge in [-0.25, -0.2) is 4.98 Å². The molecule has 0 saturated heterocycles.